The number of carbonyl (C=O) groups is 2. The van der Waals surface area contributed by atoms with Gasteiger partial charge >= 0.3 is 0 Å². The Bertz CT molecular complexity index is 743. The van der Waals surface area contributed by atoms with E-state index in [1.54, 1.807) is 24.3 Å². The highest BCUT2D eigenvalue weighted by Gasteiger charge is 2.16. The predicted octanol–water partition coefficient (Wildman–Crippen LogP) is 3.39. The molecule has 0 aliphatic carbocycles. The molecule has 2 amide bonds. The van der Waals surface area contributed by atoms with E-state index in [0.717, 1.165) is 10.7 Å². The summed E-state index contributed by atoms with van der Waals surface area (Å²) in [5.74, 6) is -0.125. The van der Waals surface area contributed by atoms with Crippen LogP contribution >= 0.6 is 22.9 Å². The van der Waals surface area contributed by atoms with Gasteiger partial charge in [0, 0.05) is 19.0 Å². The van der Waals surface area contributed by atoms with Gasteiger partial charge in [-0.2, -0.15) is 0 Å². The standard InChI is InChI=1S/C17H20ClN3O2S/c1-10(2)17-21-11(3)14(24-17)16(23)20-9-8-19-15(22)12-6-4-5-7-13(12)18/h4-7,10H,8-9H2,1-3H3,(H,19,22)(H,20,23). The molecule has 1 aromatic heterocycles. The number of hydrogen-bond acceptors (Lipinski definition) is 4. The van der Waals surface area contributed by atoms with Crippen molar-refractivity contribution in [1.29, 1.82) is 0 Å². The van der Waals surface area contributed by atoms with Gasteiger partial charge in [0.1, 0.15) is 4.88 Å². The quantitative estimate of drug-likeness (QED) is 0.771. The number of carbonyl (C=O) groups excluding carboxylic acids is 2. The number of nitrogens with zero attached hydrogens (tertiary/aromatic N) is 1. The summed E-state index contributed by atoms with van der Waals surface area (Å²) in [5, 5.41) is 6.88. The van der Waals surface area contributed by atoms with Crippen molar-refractivity contribution in [3.05, 3.63) is 50.4 Å². The Morgan fingerprint density at radius 1 is 1.17 bits per heavy atom. The van der Waals surface area contributed by atoms with Gasteiger partial charge in [-0.25, -0.2) is 4.98 Å². The third kappa shape index (κ3) is 4.55. The summed E-state index contributed by atoms with van der Waals surface area (Å²) in [6.45, 7) is 6.58. The molecule has 2 rings (SSSR count). The van der Waals surface area contributed by atoms with Crippen molar-refractivity contribution >= 4 is 34.8 Å². The highest BCUT2D eigenvalue weighted by molar-refractivity contribution is 7.13. The van der Waals surface area contributed by atoms with Crippen LogP contribution in [0.25, 0.3) is 0 Å². The Kier molecular flexibility index (Phi) is 6.34. The van der Waals surface area contributed by atoms with Crippen molar-refractivity contribution in [1.82, 2.24) is 15.6 Å². The Morgan fingerprint density at radius 2 is 1.79 bits per heavy atom. The fourth-order valence-electron chi connectivity index (χ4n) is 2.05. The summed E-state index contributed by atoms with van der Waals surface area (Å²) >= 11 is 7.38. The number of hydrogen-bond donors (Lipinski definition) is 2. The van der Waals surface area contributed by atoms with Crippen molar-refractivity contribution in [2.45, 2.75) is 26.7 Å². The molecule has 0 aliphatic rings. The summed E-state index contributed by atoms with van der Waals surface area (Å²) < 4.78 is 0. The zero-order chi connectivity index (χ0) is 17.7. The molecule has 0 radical (unpaired) electrons. The first-order valence-corrected chi connectivity index (χ1v) is 8.87. The van der Waals surface area contributed by atoms with E-state index in [9.17, 15) is 9.59 Å². The van der Waals surface area contributed by atoms with Gasteiger partial charge in [-0.05, 0) is 19.1 Å². The maximum atomic E-state index is 12.2. The molecule has 0 fully saturated rings. The van der Waals surface area contributed by atoms with Crippen LogP contribution in [0.15, 0.2) is 24.3 Å². The zero-order valence-corrected chi connectivity index (χ0v) is 15.4. The fourth-order valence-corrected chi connectivity index (χ4v) is 3.26. The number of aryl methyl sites for hydroxylation is 1. The average molecular weight is 366 g/mol. The molecule has 0 spiro atoms. The average Bonchev–Trinajstić information content (AvgIpc) is 2.94. The Labute approximate surface area is 150 Å². The highest BCUT2D eigenvalue weighted by atomic mass is 35.5. The predicted molar refractivity (Wildman–Crippen MR) is 97.1 cm³/mol. The van der Waals surface area contributed by atoms with Gasteiger partial charge in [-0.3, -0.25) is 9.59 Å². The summed E-state index contributed by atoms with van der Waals surface area (Å²) in [6.07, 6.45) is 0. The molecule has 128 valence electrons. The number of thiazole rings is 1. The van der Waals surface area contributed by atoms with Crippen LogP contribution in [0, 0.1) is 6.92 Å². The lowest BCUT2D eigenvalue weighted by Crippen LogP contribution is -2.34. The van der Waals surface area contributed by atoms with Gasteiger partial charge in [-0.1, -0.05) is 37.6 Å². The molecule has 0 bridgehead atoms. The molecule has 0 saturated heterocycles. The molecular weight excluding hydrogens is 346 g/mol. The van der Waals surface area contributed by atoms with Crippen molar-refractivity contribution in [3.8, 4) is 0 Å². The summed E-state index contributed by atoms with van der Waals surface area (Å²) in [7, 11) is 0. The van der Waals surface area contributed by atoms with Gasteiger partial charge in [0.05, 0.1) is 21.3 Å². The first kappa shape index (κ1) is 18.4. The molecule has 2 N–H and O–H groups in total. The van der Waals surface area contributed by atoms with Crippen LogP contribution in [-0.2, 0) is 0 Å². The normalized spacial score (nSPS) is 10.7. The van der Waals surface area contributed by atoms with Gasteiger partial charge in [0.2, 0.25) is 0 Å². The van der Waals surface area contributed by atoms with Crippen LogP contribution in [0.3, 0.4) is 0 Å². The van der Waals surface area contributed by atoms with Gasteiger partial charge in [-0.15, -0.1) is 11.3 Å². The van der Waals surface area contributed by atoms with E-state index in [1.165, 1.54) is 11.3 Å². The van der Waals surface area contributed by atoms with E-state index in [1.807, 2.05) is 20.8 Å². The second-order valence-corrected chi connectivity index (χ2v) is 7.05. The lowest BCUT2D eigenvalue weighted by Gasteiger charge is -2.07. The number of amides is 2. The van der Waals surface area contributed by atoms with E-state index in [4.69, 9.17) is 11.6 Å². The van der Waals surface area contributed by atoms with E-state index < -0.39 is 0 Å². The lowest BCUT2D eigenvalue weighted by atomic mass is 10.2. The fraction of sp³-hybridized carbons (Fsp3) is 0.353. The molecule has 1 aromatic carbocycles. The van der Waals surface area contributed by atoms with Gasteiger partial charge in [0.25, 0.3) is 11.8 Å². The number of aromatic nitrogens is 1. The van der Waals surface area contributed by atoms with E-state index >= 15 is 0 Å². The first-order valence-electron chi connectivity index (χ1n) is 7.68. The van der Waals surface area contributed by atoms with Crippen molar-refractivity contribution in [2.24, 2.45) is 0 Å². The molecule has 0 saturated carbocycles. The largest absolute Gasteiger partial charge is 0.350 e. The van der Waals surface area contributed by atoms with Crippen LogP contribution in [0.5, 0.6) is 0 Å². The Balaban J connectivity index is 1.83. The second kappa shape index (κ2) is 8.26. The number of nitrogens with one attached hydrogen (secondary N) is 2. The van der Waals surface area contributed by atoms with Crippen LogP contribution in [0.1, 0.15) is 50.5 Å². The van der Waals surface area contributed by atoms with E-state index in [0.29, 0.717) is 34.5 Å². The van der Waals surface area contributed by atoms with E-state index in [-0.39, 0.29) is 11.8 Å². The zero-order valence-electron chi connectivity index (χ0n) is 13.9. The van der Waals surface area contributed by atoms with Crippen LogP contribution < -0.4 is 10.6 Å². The minimum absolute atomic E-state index is 0.163. The van der Waals surface area contributed by atoms with Crippen molar-refractivity contribution < 1.29 is 9.59 Å². The van der Waals surface area contributed by atoms with Crippen LogP contribution in [0.4, 0.5) is 0 Å². The molecule has 0 atom stereocenters. The Morgan fingerprint density at radius 3 is 2.38 bits per heavy atom. The first-order chi connectivity index (χ1) is 11.4. The number of halogens is 1. The van der Waals surface area contributed by atoms with Gasteiger partial charge < -0.3 is 10.6 Å². The monoisotopic (exact) mass is 365 g/mol. The molecule has 1 heterocycles. The molecule has 24 heavy (non-hydrogen) atoms. The third-order valence-corrected chi connectivity index (χ3v) is 5.11. The molecule has 0 aliphatic heterocycles. The minimum atomic E-state index is -0.258. The molecule has 7 heteroatoms. The smallest absolute Gasteiger partial charge is 0.263 e. The summed E-state index contributed by atoms with van der Waals surface area (Å²) in [4.78, 5) is 29.2. The maximum absolute atomic E-state index is 12.2. The SMILES string of the molecule is Cc1nc(C(C)C)sc1C(=O)NCCNC(=O)c1ccccc1Cl. The van der Waals surface area contributed by atoms with Crippen LogP contribution in [-0.4, -0.2) is 29.9 Å². The minimum Gasteiger partial charge on any atom is -0.350 e. The van der Waals surface area contributed by atoms with Crippen molar-refractivity contribution in [2.75, 3.05) is 13.1 Å². The molecule has 2 aromatic rings. The van der Waals surface area contributed by atoms with Gasteiger partial charge in [0.15, 0.2) is 0 Å². The number of rotatable bonds is 6. The summed E-state index contributed by atoms with van der Waals surface area (Å²) in [5.41, 5.74) is 1.16. The Hall–Kier alpha value is -1.92. The highest BCUT2D eigenvalue weighted by Crippen LogP contribution is 2.24. The third-order valence-electron chi connectivity index (χ3n) is 3.33. The van der Waals surface area contributed by atoms with E-state index in [2.05, 4.69) is 15.6 Å². The second-order valence-electron chi connectivity index (χ2n) is 5.61. The maximum Gasteiger partial charge on any atom is 0.263 e. The molecule has 5 nitrogen and oxygen atoms in total. The summed E-state index contributed by atoms with van der Waals surface area (Å²) in [6, 6.07) is 6.84. The molecule has 0 unspecified atom stereocenters. The van der Waals surface area contributed by atoms with Crippen molar-refractivity contribution in [3.63, 3.8) is 0 Å². The topological polar surface area (TPSA) is 71.1 Å². The lowest BCUT2D eigenvalue weighted by molar-refractivity contribution is 0.0929. The molecular formula is C17H20ClN3O2S. The van der Waals surface area contributed by atoms with Crippen LogP contribution in [0.2, 0.25) is 5.02 Å². The number of benzene rings is 1.